The fourth-order valence-electron chi connectivity index (χ4n) is 2.52. The fraction of sp³-hybridized carbons (Fsp3) is 0.357. The van der Waals surface area contributed by atoms with Crippen LogP contribution in [0.1, 0.15) is 31.5 Å². The molecule has 0 fully saturated rings. The van der Waals surface area contributed by atoms with Gasteiger partial charge in [-0.2, -0.15) is 5.10 Å². The van der Waals surface area contributed by atoms with Gasteiger partial charge in [0.05, 0.1) is 10.2 Å². The summed E-state index contributed by atoms with van der Waals surface area (Å²) in [6.07, 6.45) is 3.43. The van der Waals surface area contributed by atoms with Gasteiger partial charge in [-0.05, 0) is 66.4 Å². The molecule has 18 heavy (non-hydrogen) atoms. The summed E-state index contributed by atoms with van der Waals surface area (Å²) in [5.41, 5.74) is 3.13. The van der Waals surface area contributed by atoms with Crippen LogP contribution < -0.4 is 0 Å². The number of aromatic nitrogens is 2. The molecule has 1 aliphatic heterocycles. The summed E-state index contributed by atoms with van der Waals surface area (Å²) in [4.78, 5) is 0. The summed E-state index contributed by atoms with van der Waals surface area (Å²) in [6.45, 7) is 2.19. The molecule has 1 atom stereocenters. The van der Waals surface area contributed by atoms with Crippen molar-refractivity contribution < 1.29 is 4.39 Å². The third-order valence-corrected chi connectivity index (χ3v) is 4.35. The van der Waals surface area contributed by atoms with Crippen LogP contribution in [-0.4, -0.2) is 9.78 Å². The molecule has 0 unspecified atom stereocenters. The molecule has 0 bridgehead atoms. The second kappa shape index (κ2) is 4.50. The number of halogens is 2. The van der Waals surface area contributed by atoms with Gasteiger partial charge in [0.15, 0.2) is 0 Å². The molecule has 0 aliphatic carbocycles. The summed E-state index contributed by atoms with van der Waals surface area (Å²) in [6, 6.07) is 6.95. The van der Waals surface area contributed by atoms with E-state index in [2.05, 4.69) is 32.6 Å². The van der Waals surface area contributed by atoms with Crippen LogP contribution in [0.15, 0.2) is 28.7 Å². The molecule has 94 valence electrons. The summed E-state index contributed by atoms with van der Waals surface area (Å²) in [7, 11) is 0. The zero-order chi connectivity index (χ0) is 12.7. The van der Waals surface area contributed by atoms with Gasteiger partial charge in [-0.25, -0.2) is 4.39 Å². The SMILES string of the molecule is C[C@@H]1CCCc2c(Br)c(-c3ccc(F)cc3)nn21. The first-order chi connectivity index (χ1) is 8.66. The molecule has 2 aromatic rings. The first kappa shape index (κ1) is 11.9. The average molecular weight is 309 g/mol. The predicted octanol–water partition coefficient (Wildman–Crippen LogP) is 4.35. The molecule has 1 aromatic heterocycles. The Labute approximate surface area is 114 Å². The summed E-state index contributed by atoms with van der Waals surface area (Å²) < 4.78 is 16.1. The molecule has 2 heterocycles. The van der Waals surface area contributed by atoms with Crippen molar-refractivity contribution in [3.63, 3.8) is 0 Å². The molecule has 3 rings (SSSR count). The van der Waals surface area contributed by atoms with E-state index in [0.29, 0.717) is 6.04 Å². The zero-order valence-electron chi connectivity index (χ0n) is 10.2. The van der Waals surface area contributed by atoms with Crippen LogP contribution in [-0.2, 0) is 6.42 Å². The third-order valence-electron chi connectivity index (χ3n) is 3.52. The van der Waals surface area contributed by atoms with Gasteiger partial charge in [-0.15, -0.1) is 0 Å². The van der Waals surface area contributed by atoms with E-state index in [1.165, 1.54) is 30.7 Å². The minimum atomic E-state index is -0.216. The van der Waals surface area contributed by atoms with Crippen molar-refractivity contribution in [2.45, 2.75) is 32.2 Å². The van der Waals surface area contributed by atoms with Crippen LogP contribution in [0.3, 0.4) is 0 Å². The molecule has 0 saturated carbocycles. The second-order valence-corrected chi connectivity index (χ2v) is 5.59. The van der Waals surface area contributed by atoms with Crippen molar-refractivity contribution in [2.75, 3.05) is 0 Å². The number of hydrogen-bond acceptors (Lipinski definition) is 1. The molecular formula is C14H14BrFN2. The highest BCUT2D eigenvalue weighted by molar-refractivity contribution is 9.10. The van der Waals surface area contributed by atoms with Crippen molar-refractivity contribution in [2.24, 2.45) is 0 Å². The van der Waals surface area contributed by atoms with Crippen LogP contribution >= 0.6 is 15.9 Å². The smallest absolute Gasteiger partial charge is 0.123 e. The van der Waals surface area contributed by atoms with Crippen LogP contribution in [0, 0.1) is 5.82 Å². The molecule has 0 radical (unpaired) electrons. The van der Waals surface area contributed by atoms with Crippen molar-refractivity contribution >= 4 is 15.9 Å². The van der Waals surface area contributed by atoms with Crippen LogP contribution in [0.25, 0.3) is 11.3 Å². The van der Waals surface area contributed by atoms with E-state index in [0.717, 1.165) is 22.2 Å². The second-order valence-electron chi connectivity index (χ2n) is 4.80. The number of benzene rings is 1. The molecule has 1 aliphatic rings. The number of hydrogen-bond donors (Lipinski definition) is 0. The Hall–Kier alpha value is -1.16. The maximum atomic E-state index is 13.0. The van der Waals surface area contributed by atoms with Crippen molar-refractivity contribution in [1.29, 1.82) is 0 Å². The van der Waals surface area contributed by atoms with Gasteiger partial charge < -0.3 is 0 Å². The molecule has 4 heteroatoms. The van der Waals surface area contributed by atoms with Crippen molar-refractivity contribution in [1.82, 2.24) is 9.78 Å². The number of fused-ring (bicyclic) bond motifs is 1. The first-order valence-corrected chi connectivity index (χ1v) is 6.99. The molecule has 1 aromatic carbocycles. The van der Waals surface area contributed by atoms with E-state index < -0.39 is 0 Å². The Morgan fingerprint density at radius 1 is 1.33 bits per heavy atom. The Morgan fingerprint density at radius 2 is 2.06 bits per heavy atom. The van der Waals surface area contributed by atoms with E-state index in [1.807, 2.05) is 0 Å². The number of rotatable bonds is 1. The number of nitrogens with zero attached hydrogens (tertiary/aromatic N) is 2. The van der Waals surface area contributed by atoms with Crippen LogP contribution in [0.2, 0.25) is 0 Å². The third kappa shape index (κ3) is 1.88. The van der Waals surface area contributed by atoms with Gasteiger partial charge in [-0.3, -0.25) is 4.68 Å². The van der Waals surface area contributed by atoms with Crippen molar-refractivity contribution in [3.8, 4) is 11.3 Å². The summed E-state index contributed by atoms with van der Waals surface area (Å²) in [5.74, 6) is -0.216. The first-order valence-electron chi connectivity index (χ1n) is 6.19. The van der Waals surface area contributed by atoms with E-state index >= 15 is 0 Å². The fourth-order valence-corrected chi connectivity index (χ4v) is 3.21. The quantitative estimate of drug-likeness (QED) is 0.766. The van der Waals surface area contributed by atoms with Gasteiger partial charge in [-0.1, -0.05) is 0 Å². The lowest BCUT2D eigenvalue weighted by Crippen LogP contribution is -2.16. The highest BCUT2D eigenvalue weighted by atomic mass is 79.9. The van der Waals surface area contributed by atoms with Crippen molar-refractivity contribution in [3.05, 3.63) is 40.2 Å². The van der Waals surface area contributed by atoms with Gasteiger partial charge in [0, 0.05) is 11.6 Å². The maximum absolute atomic E-state index is 13.0. The Balaban J connectivity index is 2.10. The Bertz CT molecular complexity index is 574. The lowest BCUT2D eigenvalue weighted by atomic mass is 10.0. The monoisotopic (exact) mass is 308 g/mol. The standard InChI is InChI=1S/C14H14BrFN2/c1-9-3-2-4-12-13(15)14(17-18(9)12)10-5-7-11(16)8-6-10/h5-9H,2-4H2,1H3/t9-/m1/s1. The largest absolute Gasteiger partial charge is 0.265 e. The minimum Gasteiger partial charge on any atom is -0.265 e. The molecule has 0 N–H and O–H groups in total. The van der Waals surface area contributed by atoms with Gasteiger partial charge >= 0.3 is 0 Å². The average Bonchev–Trinajstić information content (AvgIpc) is 2.70. The zero-order valence-corrected chi connectivity index (χ0v) is 11.7. The Morgan fingerprint density at radius 3 is 2.72 bits per heavy atom. The highest BCUT2D eigenvalue weighted by Crippen LogP contribution is 2.36. The van der Waals surface area contributed by atoms with Crippen LogP contribution in [0.5, 0.6) is 0 Å². The summed E-state index contributed by atoms with van der Waals surface area (Å²) in [5, 5.41) is 4.68. The molecule has 0 saturated heterocycles. The lowest BCUT2D eigenvalue weighted by molar-refractivity contribution is 0.393. The Kier molecular flexibility index (Phi) is 2.98. The minimum absolute atomic E-state index is 0.216. The van der Waals surface area contributed by atoms with Gasteiger partial charge in [0.1, 0.15) is 11.5 Å². The molecule has 0 spiro atoms. The maximum Gasteiger partial charge on any atom is 0.123 e. The van der Waals surface area contributed by atoms with E-state index in [9.17, 15) is 4.39 Å². The molecule has 0 amide bonds. The summed E-state index contributed by atoms with van der Waals surface area (Å²) >= 11 is 3.64. The molecular weight excluding hydrogens is 295 g/mol. The van der Waals surface area contributed by atoms with Gasteiger partial charge in [0.2, 0.25) is 0 Å². The van der Waals surface area contributed by atoms with E-state index in [4.69, 9.17) is 0 Å². The van der Waals surface area contributed by atoms with E-state index in [1.54, 1.807) is 12.1 Å². The van der Waals surface area contributed by atoms with Gasteiger partial charge in [0.25, 0.3) is 0 Å². The van der Waals surface area contributed by atoms with Crippen LogP contribution in [0.4, 0.5) is 4.39 Å². The topological polar surface area (TPSA) is 17.8 Å². The normalized spacial score (nSPS) is 18.7. The predicted molar refractivity (Wildman–Crippen MR) is 73.0 cm³/mol. The molecule has 2 nitrogen and oxygen atoms in total. The lowest BCUT2D eigenvalue weighted by Gasteiger charge is -2.20. The highest BCUT2D eigenvalue weighted by Gasteiger charge is 2.23. The van der Waals surface area contributed by atoms with E-state index in [-0.39, 0.29) is 5.82 Å².